The maximum atomic E-state index is 9.32. The highest BCUT2D eigenvalue weighted by atomic mass is 16.5. The maximum Gasteiger partial charge on any atom is 0.175 e. The molecule has 0 bridgehead atoms. The second-order valence-corrected chi connectivity index (χ2v) is 10.4. The average molecular weight is 564 g/mol. The van der Waals surface area contributed by atoms with Gasteiger partial charge in [0.25, 0.3) is 0 Å². The van der Waals surface area contributed by atoms with Crippen LogP contribution in [0.2, 0.25) is 0 Å². The van der Waals surface area contributed by atoms with Crippen molar-refractivity contribution in [2.75, 3.05) is 33.8 Å². The summed E-state index contributed by atoms with van der Waals surface area (Å²) >= 11 is 0. The van der Waals surface area contributed by atoms with E-state index in [0.717, 1.165) is 92.1 Å². The summed E-state index contributed by atoms with van der Waals surface area (Å²) in [6.07, 6.45) is 8.70. The maximum absolute atomic E-state index is 9.32. The van der Waals surface area contributed by atoms with E-state index in [4.69, 9.17) is 9.26 Å². The van der Waals surface area contributed by atoms with Crippen LogP contribution in [0, 0.1) is 23.2 Å². The molecule has 0 unspecified atom stereocenters. The lowest BCUT2D eigenvalue weighted by molar-refractivity contribution is 0.170. The van der Waals surface area contributed by atoms with Gasteiger partial charge in [0.1, 0.15) is 11.8 Å². The van der Waals surface area contributed by atoms with Gasteiger partial charge >= 0.3 is 0 Å². The molecular formula is C34H53N5O2. The lowest BCUT2D eigenvalue weighted by Crippen LogP contribution is -2.33. The molecule has 1 aliphatic carbocycles. The molecule has 5 rings (SSSR count). The van der Waals surface area contributed by atoms with Gasteiger partial charge in [-0.05, 0) is 102 Å². The van der Waals surface area contributed by atoms with Crippen molar-refractivity contribution in [3.8, 4) is 11.8 Å². The molecule has 2 aliphatic rings. The average Bonchev–Trinajstić information content (AvgIpc) is 3.77. The highest BCUT2D eigenvalue weighted by Gasteiger charge is 2.25. The van der Waals surface area contributed by atoms with Gasteiger partial charge in [0.15, 0.2) is 5.58 Å². The van der Waals surface area contributed by atoms with E-state index in [0.29, 0.717) is 17.4 Å². The fourth-order valence-electron chi connectivity index (χ4n) is 5.02. The molecule has 1 aliphatic heterocycles. The molecule has 0 atom stereocenters. The molecule has 3 aromatic rings. The first-order chi connectivity index (χ1) is 20.1. The van der Waals surface area contributed by atoms with Gasteiger partial charge in [-0.2, -0.15) is 5.26 Å². The van der Waals surface area contributed by atoms with E-state index >= 15 is 0 Å². The summed E-state index contributed by atoms with van der Waals surface area (Å²) in [6, 6.07) is 10.2. The van der Waals surface area contributed by atoms with Crippen LogP contribution in [-0.4, -0.2) is 53.7 Å². The van der Waals surface area contributed by atoms with Crippen molar-refractivity contribution in [3.05, 3.63) is 53.0 Å². The Kier molecular flexibility index (Phi) is 15.4. The van der Waals surface area contributed by atoms with Gasteiger partial charge in [-0.3, -0.25) is 9.88 Å². The predicted octanol–water partition coefficient (Wildman–Crippen LogP) is 7.87. The highest BCUT2D eigenvalue weighted by Crippen LogP contribution is 2.35. The molecule has 3 heterocycles. The molecule has 0 spiro atoms. The van der Waals surface area contributed by atoms with Gasteiger partial charge in [0.05, 0.1) is 29.1 Å². The van der Waals surface area contributed by atoms with Crippen LogP contribution >= 0.6 is 0 Å². The minimum Gasteiger partial charge on any atom is -0.493 e. The zero-order valence-corrected chi connectivity index (χ0v) is 26.9. The van der Waals surface area contributed by atoms with Gasteiger partial charge in [-0.1, -0.05) is 46.7 Å². The van der Waals surface area contributed by atoms with Gasteiger partial charge in [-0.25, -0.2) is 0 Å². The number of pyridine rings is 1. The molecule has 0 N–H and O–H groups in total. The van der Waals surface area contributed by atoms with E-state index in [9.17, 15) is 5.26 Å². The van der Waals surface area contributed by atoms with E-state index < -0.39 is 0 Å². The van der Waals surface area contributed by atoms with Crippen LogP contribution < -0.4 is 4.74 Å². The lowest BCUT2D eigenvalue weighted by atomic mass is 9.91. The Balaban J connectivity index is 0.000000921. The third-order valence-corrected chi connectivity index (χ3v) is 7.30. The Morgan fingerprint density at radius 3 is 2.32 bits per heavy atom. The minimum atomic E-state index is 0.680. The molecule has 1 aromatic carbocycles. The van der Waals surface area contributed by atoms with Gasteiger partial charge < -0.3 is 14.2 Å². The molecule has 7 nitrogen and oxygen atoms in total. The molecule has 1 saturated heterocycles. The lowest BCUT2D eigenvalue weighted by Gasteiger charge is -2.31. The molecular weight excluding hydrogens is 510 g/mol. The van der Waals surface area contributed by atoms with E-state index in [1.54, 1.807) is 6.20 Å². The van der Waals surface area contributed by atoms with Gasteiger partial charge in [0.2, 0.25) is 0 Å². The first-order valence-electron chi connectivity index (χ1n) is 15.8. The topological polar surface area (TPSA) is 78.4 Å². The Hall–Kier alpha value is -2.95. The van der Waals surface area contributed by atoms with Crippen molar-refractivity contribution >= 4 is 11.0 Å². The summed E-state index contributed by atoms with van der Waals surface area (Å²) in [7, 11) is 4.14. The first-order valence-corrected chi connectivity index (χ1v) is 15.8. The molecule has 2 aromatic heterocycles. The zero-order chi connectivity index (χ0) is 30.2. The minimum absolute atomic E-state index is 0.680. The number of benzene rings is 1. The quantitative estimate of drug-likeness (QED) is 0.248. The van der Waals surface area contributed by atoms with E-state index in [1.807, 2.05) is 53.7 Å². The number of likely N-dealkylation sites (tertiary alicyclic amines) is 1. The number of piperidine rings is 1. The SMILES string of the molecule is CC.CC.CC.CN(C)Cc1c(OCC2CC2)ccc2c(CCC3CCN(Cc4ncccc4C#N)CC3)noc12. The molecule has 7 heteroatoms. The molecule has 0 amide bonds. The highest BCUT2D eigenvalue weighted by molar-refractivity contribution is 5.84. The van der Waals surface area contributed by atoms with Crippen LogP contribution in [-0.2, 0) is 19.5 Å². The Labute approximate surface area is 248 Å². The number of rotatable bonds is 10. The molecule has 0 radical (unpaired) electrons. The second kappa shape index (κ2) is 18.5. The van der Waals surface area contributed by atoms with E-state index in [1.165, 1.54) is 12.8 Å². The summed E-state index contributed by atoms with van der Waals surface area (Å²) in [5.41, 5.74) is 4.61. The fourth-order valence-corrected chi connectivity index (χ4v) is 5.02. The van der Waals surface area contributed by atoms with Gasteiger partial charge in [-0.15, -0.1) is 0 Å². The number of nitrogens with zero attached hydrogens (tertiary/aromatic N) is 5. The van der Waals surface area contributed by atoms with Crippen LogP contribution in [0.1, 0.15) is 96.2 Å². The second-order valence-electron chi connectivity index (χ2n) is 10.4. The number of ether oxygens (including phenoxy) is 1. The number of aromatic nitrogens is 2. The standard InChI is InChI=1S/C28H35N5O2.3C2H6/c1-32(2)17-24-27(34-19-21-5-6-21)10-8-23-25(31-35-28(23)24)9-7-20-11-14-33(15-12-20)18-26-22(16-29)4-3-13-30-26;3*1-2/h3-4,8,10,13,20-21H,5-7,9,11-12,14-15,17-19H2,1-2H3;3*1-2H3. The molecule has 41 heavy (non-hydrogen) atoms. The van der Waals surface area contributed by atoms with Crippen molar-refractivity contribution < 1.29 is 9.26 Å². The first kappa shape index (κ1) is 34.3. The summed E-state index contributed by atoms with van der Waals surface area (Å²) in [4.78, 5) is 8.99. The predicted molar refractivity (Wildman–Crippen MR) is 169 cm³/mol. The monoisotopic (exact) mass is 563 g/mol. The van der Waals surface area contributed by atoms with E-state index in [-0.39, 0.29) is 0 Å². The van der Waals surface area contributed by atoms with Crippen molar-refractivity contribution in [1.29, 1.82) is 5.26 Å². The third-order valence-electron chi connectivity index (χ3n) is 7.30. The summed E-state index contributed by atoms with van der Waals surface area (Å²) in [5.74, 6) is 2.33. The number of hydrogen-bond acceptors (Lipinski definition) is 7. The summed E-state index contributed by atoms with van der Waals surface area (Å²) in [5, 5.41) is 14.9. The third kappa shape index (κ3) is 10.1. The Morgan fingerprint density at radius 2 is 1.68 bits per heavy atom. The van der Waals surface area contributed by atoms with Gasteiger partial charge in [0, 0.05) is 24.7 Å². The van der Waals surface area contributed by atoms with Crippen molar-refractivity contribution in [3.63, 3.8) is 0 Å². The normalized spacial score (nSPS) is 15.1. The van der Waals surface area contributed by atoms with Crippen molar-refractivity contribution in [1.82, 2.24) is 19.9 Å². The zero-order valence-electron chi connectivity index (χ0n) is 26.9. The largest absolute Gasteiger partial charge is 0.493 e. The van der Waals surface area contributed by atoms with Crippen LogP contribution in [0.5, 0.6) is 5.75 Å². The van der Waals surface area contributed by atoms with Crippen LogP contribution in [0.25, 0.3) is 11.0 Å². The number of nitriles is 1. The number of hydrogen-bond donors (Lipinski definition) is 0. The Morgan fingerprint density at radius 1 is 0.976 bits per heavy atom. The van der Waals surface area contributed by atoms with Crippen LogP contribution in [0.15, 0.2) is 35.0 Å². The number of fused-ring (bicyclic) bond motifs is 1. The summed E-state index contributed by atoms with van der Waals surface area (Å²) < 4.78 is 12.1. The van der Waals surface area contributed by atoms with Crippen LogP contribution in [0.4, 0.5) is 0 Å². The smallest absolute Gasteiger partial charge is 0.175 e. The van der Waals surface area contributed by atoms with Crippen molar-refractivity contribution in [2.24, 2.45) is 11.8 Å². The van der Waals surface area contributed by atoms with Crippen LogP contribution in [0.3, 0.4) is 0 Å². The summed E-state index contributed by atoms with van der Waals surface area (Å²) in [6.45, 7) is 16.4. The fraction of sp³-hybridized carbons (Fsp3) is 0.618. The molecule has 226 valence electrons. The van der Waals surface area contributed by atoms with Crippen molar-refractivity contribution in [2.45, 2.75) is 93.2 Å². The number of aryl methyl sites for hydroxylation is 1. The molecule has 1 saturated carbocycles. The molecule has 2 fully saturated rings. The Bertz CT molecular complexity index is 1190. The van der Waals surface area contributed by atoms with E-state index in [2.05, 4.69) is 52.2 Å².